The molecule has 2 aromatic heterocycles. The number of pyridine rings is 1. The van der Waals surface area contributed by atoms with E-state index in [1.807, 2.05) is 17.5 Å². The Bertz CT molecular complexity index is 883. The van der Waals surface area contributed by atoms with Crippen LogP contribution in [0.5, 0.6) is 0 Å². The lowest BCUT2D eigenvalue weighted by molar-refractivity contribution is -0.115. The first kappa shape index (κ1) is 17.0. The Morgan fingerprint density at radius 1 is 1.08 bits per heavy atom. The predicted octanol–water partition coefficient (Wildman–Crippen LogP) is 4.49. The van der Waals surface area contributed by atoms with Gasteiger partial charge in [0.25, 0.3) is 0 Å². The van der Waals surface area contributed by atoms with Crippen molar-refractivity contribution in [1.29, 1.82) is 0 Å². The van der Waals surface area contributed by atoms with Gasteiger partial charge in [-0.2, -0.15) is 0 Å². The second-order valence-electron chi connectivity index (χ2n) is 5.08. The summed E-state index contributed by atoms with van der Waals surface area (Å²) in [5, 5.41) is 7.14. The Morgan fingerprint density at radius 2 is 1.92 bits per heavy atom. The van der Waals surface area contributed by atoms with Crippen LogP contribution < -0.4 is 10.6 Å². The maximum Gasteiger partial charge on any atom is 0.229 e. The van der Waals surface area contributed by atoms with E-state index >= 15 is 0 Å². The maximum atomic E-state index is 13.6. The van der Waals surface area contributed by atoms with E-state index < -0.39 is 17.5 Å². The number of thiophene rings is 1. The number of hydrogen-bond donors (Lipinski definition) is 2. The Labute approximate surface area is 145 Å². The molecule has 0 atom stereocenters. The van der Waals surface area contributed by atoms with Gasteiger partial charge in [-0.3, -0.25) is 4.79 Å². The molecule has 4 nitrogen and oxygen atoms in total. The normalized spacial score (nSPS) is 10.5. The molecule has 0 bridgehead atoms. The van der Waals surface area contributed by atoms with Gasteiger partial charge in [0, 0.05) is 4.88 Å². The van der Waals surface area contributed by atoms with Gasteiger partial charge in [0.15, 0.2) is 17.5 Å². The SMILES string of the molecule is O=C(Cc1cccs1)Nc1ccc(Nc2ccc(F)c(F)c2F)nc1. The zero-order valence-electron chi connectivity index (χ0n) is 12.7. The number of aromatic nitrogens is 1. The fourth-order valence-electron chi connectivity index (χ4n) is 2.08. The smallest absolute Gasteiger partial charge is 0.229 e. The molecule has 3 rings (SSSR count). The number of carbonyl (C=O) groups is 1. The van der Waals surface area contributed by atoms with Crippen LogP contribution in [0.1, 0.15) is 4.88 Å². The van der Waals surface area contributed by atoms with Gasteiger partial charge in [0.2, 0.25) is 5.91 Å². The Balaban J connectivity index is 1.64. The third-order valence-electron chi connectivity index (χ3n) is 3.26. The number of hydrogen-bond acceptors (Lipinski definition) is 4. The topological polar surface area (TPSA) is 54.0 Å². The number of anilines is 3. The van der Waals surface area contributed by atoms with Crippen LogP contribution in [0.2, 0.25) is 0 Å². The average Bonchev–Trinajstić information content (AvgIpc) is 3.10. The molecule has 0 spiro atoms. The number of nitrogens with zero attached hydrogens (tertiary/aromatic N) is 1. The fourth-order valence-corrected chi connectivity index (χ4v) is 2.78. The molecule has 128 valence electrons. The van der Waals surface area contributed by atoms with E-state index in [0.29, 0.717) is 5.69 Å². The molecular formula is C17H12F3N3OS. The molecule has 0 radical (unpaired) electrons. The van der Waals surface area contributed by atoms with Crippen molar-refractivity contribution in [3.05, 3.63) is 70.3 Å². The number of nitrogens with one attached hydrogen (secondary N) is 2. The second-order valence-corrected chi connectivity index (χ2v) is 6.12. The van der Waals surface area contributed by atoms with E-state index in [2.05, 4.69) is 15.6 Å². The molecule has 0 aliphatic carbocycles. The quantitative estimate of drug-likeness (QED) is 0.657. The van der Waals surface area contributed by atoms with Crippen molar-refractivity contribution < 1.29 is 18.0 Å². The van der Waals surface area contributed by atoms with Gasteiger partial charge in [0.05, 0.1) is 24.0 Å². The van der Waals surface area contributed by atoms with Crippen LogP contribution >= 0.6 is 11.3 Å². The maximum absolute atomic E-state index is 13.6. The monoisotopic (exact) mass is 363 g/mol. The molecule has 3 aromatic rings. The summed E-state index contributed by atoms with van der Waals surface area (Å²) in [4.78, 5) is 16.8. The molecule has 2 heterocycles. The molecule has 8 heteroatoms. The first-order valence-corrected chi connectivity index (χ1v) is 8.09. The Hall–Kier alpha value is -2.87. The van der Waals surface area contributed by atoms with Crippen LogP contribution in [0.3, 0.4) is 0 Å². The highest BCUT2D eigenvalue weighted by Crippen LogP contribution is 2.23. The number of amides is 1. The highest BCUT2D eigenvalue weighted by atomic mass is 32.1. The summed E-state index contributed by atoms with van der Waals surface area (Å²) in [6, 6.07) is 8.69. The van der Waals surface area contributed by atoms with E-state index in [1.54, 1.807) is 6.07 Å². The van der Waals surface area contributed by atoms with Crippen LogP contribution in [0, 0.1) is 17.5 Å². The summed E-state index contributed by atoms with van der Waals surface area (Å²) in [7, 11) is 0. The number of benzene rings is 1. The van der Waals surface area contributed by atoms with Crippen molar-refractivity contribution in [2.45, 2.75) is 6.42 Å². The molecule has 0 saturated heterocycles. The third-order valence-corrected chi connectivity index (χ3v) is 4.14. The predicted molar refractivity (Wildman–Crippen MR) is 90.5 cm³/mol. The fraction of sp³-hybridized carbons (Fsp3) is 0.0588. The van der Waals surface area contributed by atoms with Gasteiger partial charge in [-0.1, -0.05) is 6.07 Å². The molecule has 0 saturated carbocycles. The van der Waals surface area contributed by atoms with E-state index in [-0.39, 0.29) is 23.8 Å². The van der Waals surface area contributed by atoms with Crippen LogP contribution in [0.25, 0.3) is 0 Å². The van der Waals surface area contributed by atoms with Gasteiger partial charge in [0.1, 0.15) is 5.82 Å². The molecule has 1 amide bonds. The van der Waals surface area contributed by atoms with Crippen molar-refractivity contribution in [2.24, 2.45) is 0 Å². The van der Waals surface area contributed by atoms with E-state index in [1.165, 1.54) is 23.6 Å². The lowest BCUT2D eigenvalue weighted by atomic mass is 10.2. The highest BCUT2D eigenvalue weighted by Gasteiger charge is 2.13. The number of halogens is 3. The van der Waals surface area contributed by atoms with Crippen molar-refractivity contribution in [3.63, 3.8) is 0 Å². The molecule has 0 fully saturated rings. The standard InChI is InChI=1S/C17H12F3N3OS/c18-12-4-5-13(17(20)16(12)19)23-14-6-3-10(9-21-14)22-15(24)8-11-2-1-7-25-11/h1-7,9H,8H2,(H,21,23)(H,22,24). The highest BCUT2D eigenvalue weighted by molar-refractivity contribution is 7.10. The summed E-state index contributed by atoms with van der Waals surface area (Å²) < 4.78 is 39.7. The minimum atomic E-state index is -1.55. The van der Waals surface area contributed by atoms with Crippen molar-refractivity contribution in [2.75, 3.05) is 10.6 Å². The molecule has 0 aliphatic rings. The summed E-state index contributed by atoms with van der Waals surface area (Å²) in [6.45, 7) is 0. The van der Waals surface area contributed by atoms with Crippen molar-refractivity contribution in [1.82, 2.24) is 4.98 Å². The third kappa shape index (κ3) is 4.16. The number of rotatable bonds is 5. The lowest BCUT2D eigenvalue weighted by Gasteiger charge is -2.09. The zero-order chi connectivity index (χ0) is 17.8. The summed E-state index contributed by atoms with van der Waals surface area (Å²) >= 11 is 1.49. The van der Waals surface area contributed by atoms with Crippen LogP contribution in [-0.4, -0.2) is 10.9 Å². The Morgan fingerprint density at radius 3 is 2.60 bits per heavy atom. The summed E-state index contributed by atoms with van der Waals surface area (Å²) in [5.74, 6) is -4.10. The first-order chi connectivity index (χ1) is 12.0. The molecule has 2 N–H and O–H groups in total. The van der Waals surface area contributed by atoms with Gasteiger partial charge >= 0.3 is 0 Å². The summed E-state index contributed by atoms with van der Waals surface area (Å²) in [5.41, 5.74) is 0.235. The van der Waals surface area contributed by atoms with Gasteiger partial charge in [-0.15, -0.1) is 11.3 Å². The van der Waals surface area contributed by atoms with E-state index in [9.17, 15) is 18.0 Å². The molecular weight excluding hydrogens is 351 g/mol. The zero-order valence-corrected chi connectivity index (χ0v) is 13.5. The molecule has 0 unspecified atom stereocenters. The van der Waals surface area contributed by atoms with Gasteiger partial charge in [-0.05, 0) is 35.7 Å². The molecule has 25 heavy (non-hydrogen) atoms. The minimum absolute atomic E-state index is 0.184. The second kappa shape index (κ2) is 7.35. The molecule has 1 aromatic carbocycles. The van der Waals surface area contributed by atoms with Crippen molar-refractivity contribution >= 4 is 34.4 Å². The average molecular weight is 363 g/mol. The van der Waals surface area contributed by atoms with Crippen LogP contribution in [0.4, 0.5) is 30.4 Å². The molecule has 0 aliphatic heterocycles. The minimum Gasteiger partial charge on any atom is -0.338 e. The van der Waals surface area contributed by atoms with E-state index in [4.69, 9.17) is 0 Å². The summed E-state index contributed by atoms with van der Waals surface area (Å²) in [6.07, 6.45) is 1.64. The largest absolute Gasteiger partial charge is 0.338 e. The first-order valence-electron chi connectivity index (χ1n) is 7.22. The van der Waals surface area contributed by atoms with Crippen LogP contribution in [0.15, 0.2) is 48.0 Å². The number of carbonyl (C=O) groups excluding carboxylic acids is 1. The Kier molecular flexibility index (Phi) is 4.99. The van der Waals surface area contributed by atoms with Crippen LogP contribution in [-0.2, 0) is 11.2 Å². The van der Waals surface area contributed by atoms with Crippen molar-refractivity contribution in [3.8, 4) is 0 Å². The van der Waals surface area contributed by atoms with Gasteiger partial charge in [-0.25, -0.2) is 18.2 Å². The van der Waals surface area contributed by atoms with E-state index in [0.717, 1.165) is 17.0 Å². The van der Waals surface area contributed by atoms with Gasteiger partial charge < -0.3 is 10.6 Å². The lowest BCUT2D eigenvalue weighted by Crippen LogP contribution is -2.13.